The Balaban J connectivity index is 3.07. The summed E-state index contributed by atoms with van der Waals surface area (Å²) in [7, 11) is 8.76. The fourth-order valence-electron chi connectivity index (χ4n) is 1.20. The minimum atomic E-state index is 0.461. The summed E-state index contributed by atoms with van der Waals surface area (Å²) in [6.07, 6.45) is 0.461. The zero-order valence-corrected chi connectivity index (χ0v) is 8.54. The fraction of sp³-hybridized carbons (Fsp3) is 0.273. The highest BCUT2D eigenvalue weighted by molar-refractivity contribution is 6.08. The van der Waals surface area contributed by atoms with E-state index < -0.39 is 0 Å². The lowest BCUT2D eigenvalue weighted by atomic mass is 9.95. The van der Waals surface area contributed by atoms with Crippen molar-refractivity contribution in [3.63, 3.8) is 0 Å². The molecule has 0 N–H and O–H groups in total. The second kappa shape index (κ2) is 4.75. The number of methoxy groups -OCH3 is 2. The number of hydrogen-bond acceptors (Lipinski definition) is 2. The molecule has 3 heteroatoms. The first-order valence-electron chi connectivity index (χ1n) is 4.33. The molecule has 2 radical (unpaired) electrons. The van der Waals surface area contributed by atoms with Crippen molar-refractivity contribution in [2.24, 2.45) is 0 Å². The van der Waals surface area contributed by atoms with E-state index in [1.54, 1.807) is 14.2 Å². The Morgan fingerprint density at radius 1 is 1.43 bits per heavy atom. The van der Waals surface area contributed by atoms with Gasteiger partial charge in [0.05, 0.1) is 22.1 Å². The van der Waals surface area contributed by atoms with Crippen LogP contribution in [0, 0.1) is 0 Å². The van der Waals surface area contributed by atoms with E-state index in [4.69, 9.17) is 17.3 Å². The SMILES string of the molecule is [B]Cc1ccc(C(=C)OC)cc1OC. The minimum absolute atomic E-state index is 0.461. The van der Waals surface area contributed by atoms with Gasteiger partial charge in [0.1, 0.15) is 11.5 Å². The molecule has 0 unspecified atom stereocenters. The third kappa shape index (κ3) is 2.10. The van der Waals surface area contributed by atoms with Crippen LogP contribution in [0.25, 0.3) is 5.76 Å². The molecular formula is C11H13BO2. The van der Waals surface area contributed by atoms with Gasteiger partial charge in [0.25, 0.3) is 0 Å². The molecule has 0 amide bonds. The largest absolute Gasteiger partial charge is 0.497 e. The first-order valence-corrected chi connectivity index (χ1v) is 4.33. The molecule has 0 atom stereocenters. The van der Waals surface area contributed by atoms with E-state index in [1.807, 2.05) is 18.2 Å². The predicted octanol–water partition coefficient (Wildman–Crippen LogP) is 1.98. The normalized spacial score (nSPS) is 9.57. The molecule has 0 aromatic heterocycles. The maximum atomic E-state index is 5.55. The second-order valence-electron chi connectivity index (χ2n) is 2.86. The standard InChI is InChI=1S/C11H13BO2/c1-8(13-2)9-4-5-10(7-12)11(6-9)14-3/h4-6H,1,7H2,2-3H3. The lowest BCUT2D eigenvalue weighted by molar-refractivity contribution is 0.370. The van der Waals surface area contributed by atoms with Gasteiger partial charge < -0.3 is 9.47 Å². The lowest BCUT2D eigenvalue weighted by Gasteiger charge is -2.10. The highest BCUT2D eigenvalue weighted by Gasteiger charge is 2.04. The Morgan fingerprint density at radius 3 is 2.64 bits per heavy atom. The van der Waals surface area contributed by atoms with Crippen LogP contribution in [0.4, 0.5) is 0 Å². The Kier molecular flexibility index (Phi) is 3.63. The fourth-order valence-corrected chi connectivity index (χ4v) is 1.20. The van der Waals surface area contributed by atoms with Gasteiger partial charge in [-0.3, -0.25) is 0 Å². The van der Waals surface area contributed by atoms with Gasteiger partial charge in [-0.15, -0.1) is 0 Å². The van der Waals surface area contributed by atoms with Gasteiger partial charge in [0.15, 0.2) is 0 Å². The van der Waals surface area contributed by atoms with Gasteiger partial charge in [0, 0.05) is 5.56 Å². The molecule has 1 aromatic carbocycles. The Bertz CT molecular complexity index is 334. The van der Waals surface area contributed by atoms with Gasteiger partial charge >= 0.3 is 0 Å². The minimum Gasteiger partial charge on any atom is -0.497 e. The topological polar surface area (TPSA) is 18.5 Å². The first-order chi connectivity index (χ1) is 6.72. The number of rotatable bonds is 4. The van der Waals surface area contributed by atoms with Crippen LogP contribution < -0.4 is 4.74 Å². The van der Waals surface area contributed by atoms with E-state index >= 15 is 0 Å². The van der Waals surface area contributed by atoms with Crippen molar-refractivity contribution in [1.82, 2.24) is 0 Å². The third-order valence-corrected chi connectivity index (χ3v) is 2.08. The van der Waals surface area contributed by atoms with Gasteiger partial charge in [-0.05, 0) is 11.6 Å². The third-order valence-electron chi connectivity index (χ3n) is 2.08. The van der Waals surface area contributed by atoms with E-state index in [9.17, 15) is 0 Å². The van der Waals surface area contributed by atoms with Gasteiger partial charge in [-0.25, -0.2) is 0 Å². The number of benzene rings is 1. The molecule has 1 aromatic rings. The summed E-state index contributed by atoms with van der Waals surface area (Å²) in [6.45, 7) is 3.77. The zero-order valence-electron chi connectivity index (χ0n) is 8.54. The molecule has 0 bridgehead atoms. The van der Waals surface area contributed by atoms with E-state index in [0.717, 1.165) is 16.9 Å². The maximum Gasteiger partial charge on any atom is 0.122 e. The van der Waals surface area contributed by atoms with Crippen molar-refractivity contribution >= 4 is 13.6 Å². The summed E-state index contributed by atoms with van der Waals surface area (Å²) in [6, 6.07) is 5.70. The average molecular weight is 188 g/mol. The molecule has 0 saturated carbocycles. The number of ether oxygens (including phenoxy) is 2. The van der Waals surface area contributed by atoms with Crippen LogP contribution >= 0.6 is 0 Å². The second-order valence-corrected chi connectivity index (χ2v) is 2.86. The van der Waals surface area contributed by atoms with Gasteiger partial charge in [-0.1, -0.05) is 25.0 Å². The van der Waals surface area contributed by atoms with E-state index in [2.05, 4.69) is 6.58 Å². The van der Waals surface area contributed by atoms with E-state index in [-0.39, 0.29) is 0 Å². The monoisotopic (exact) mass is 188 g/mol. The molecule has 1 rings (SSSR count). The van der Waals surface area contributed by atoms with Gasteiger partial charge in [0.2, 0.25) is 0 Å². The molecule has 72 valence electrons. The van der Waals surface area contributed by atoms with Crippen LogP contribution in [0.2, 0.25) is 0 Å². The maximum absolute atomic E-state index is 5.55. The first kappa shape index (κ1) is 10.7. The summed E-state index contributed by atoms with van der Waals surface area (Å²) in [5, 5.41) is 0. The molecule has 0 heterocycles. The molecule has 0 fully saturated rings. The molecule has 2 nitrogen and oxygen atoms in total. The van der Waals surface area contributed by atoms with Crippen LogP contribution in [0.15, 0.2) is 24.8 Å². The van der Waals surface area contributed by atoms with Crippen LogP contribution in [0.5, 0.6) is 5.75 Å². The highest BCUT2D eigenvalue weighted by atomic mass is 16.5. The molecule has 0 spiro atoms. The quantitative estimate of drug-likeness (QED) is 0.531. The summed E-state index contributed by atoms with van der Waals surface area (Å²) in [5.41, 5.74) is 1.88. The summed E-state index contributed by atoms with van der Waals surface area (Å²) >= 11 is 0. The number of hydrogen-bond donors (Lipinski definition) is 0. The smallest absolute Gasteiger partial charge is 0.122 e. The Hall–Kier alpha value is -1.38. The Labute approximate surface area is 85.9 Å². The molecule has 0 saturated heterocycles. The predicted molar refractivity (Wildman–Crippen MR) is 58.5 cm³/mol. The van der Waals surface area contributed by atoms with E-state index in [1.165, 1.54) is 0 Å². The molecular weight excluding hydrogens is 175 g/mol. The molecule has 0 aliphatic rings. The van der Waals surface area contributed by atoms with Crippen molar-refractivity contribution in [3.05, 3.63) is 35.9 Å². The van der Waals surface area contributed by atoms with Crippen LogP contribution in [-0.4, -0.2) is 22.1 Å². The summed E-state index contributed by atoms with van der Waals surface area (Å²) < 4.78 is 10.2. The highest BCUT2D eigenvalue weighted by Crippen LogP contribution is 2.23. The summed E-state index contributed by atoms with van der Waals surface area (Å²) in [4.78, 5) is 0. The molecule has 0 aliphatic heterocycles. The van der Waals surface area contributed by atoms with Crippen LogP contribution in [0.3, 0.4) is 0 Å². The van der Waals surface area contributed by atoms with Gasteiger partial charge in [-0.2, -0.15) is 0 Å². The van der Waals surface area contributed by atoms with Crippen molar-refractivity contribution < 1.29 is 9.47 Å². The van der Waals surface area contributed by atoms with Crippen molar-refractivity contribution in [3.8, 4) is 5.75 Å². The lowest BCUT2D eigenvalue weighted by Crippen LogP contribution is -1.94. The zero-order chi connectivity index (χ0) is 10.6. The molecule has 0 aliphatic carbocycles. The average Bonchev–Trinajstić information content (AvgIpc) is 2.26. The van der Waals surface area contributed by atoms with Crippen molar-refractivity contribution in [1.29, 1.82) is 0 Å². The Morgan fingerprint density at radius 2 is 2.14 bits per heavy atom. The van der Waals surface area contributed by atoms with Crippen molar-refractivity contribution in [2.75, 3.05) is 14.2 Å². The van der Waals surface area contributed by atoms with Crippen LogP contribution in [0.1, 0.15) is 11.1 Å². The summed E-state index contributed by atoms with van der Waals surface area (Å²) in [5.74, 6) is 1.38. The van der Waals surface area contributed by atoms with Crippen molar-refractivity contribution in [2.45, 2.75) is 6.32 Å². The van der Waals surface area contributed by atoms with E-state index in [0.29, 0.717) is 12.1 Å². The molecule has 14 heavy (non-hydrogen) atoms. The van der Waals surface area contributed by atoms with Crippen LogP contribution in [-0.2, 0) is 11.1 Å².